The molecule has 0 radical (unpaired) electrons. The van der Waals surface area contributed by atoms with Gasteiger partial charge in [0.25, 0.3) is 0 Å². The van der Waals surface area contributed by atoms with Gasteiger partial charge in [0.2, 0.25) is 0 Å². The summed E-state index contributed by atoms with van der Waals surface area (Å²) in [6.07, 6.45) is 5.28. The van der Waals surface area contributed by atoms with Crippen LogP contribution in [0, 0.1) is 0 Å². The summed E-state index contributed by atoms with van der Waals surface area (Å²) in [5.74, 6) is 0.395. The Morgan fingerprint density at radius 2 is 1.52 bits per heavy atom. The zero-order valence-corrected chi connectivity index (χ0v) is 13.7. The van der Waals surface area contributed by atoms with E-state index in [4.69, 9.17) is 0 Å². The van der Waals surface area contributed by atoms with Gasteiger partial charge in [-0.2, -0.15) is 0 Å². The van der Waals surface area contributed by atoms with Gasteiger partial charge in [0.05, 0.1) is 5.69 Å². The Kier molecular flexibility index (Phi) is 3.74. The maximum atomic E-state index is 10.7. The van der Waals surface area contributed by atoms with Crippen molar-refractivity contribution in [3.05, 3.63) is 42.0 Å². The number of hydrogen-bond acceptors (Lipinski definition) is 3. The lowest BCUT2D eigenvalue weighted by Gasteiger charge is -2.28. The molecule has 114 valence electrons. The van der Waals surface area contributed by atoms with Crippen molar-refractivity contribution in [1.82, 2.24) is 9.66 Å². The summed E-state index contributed by atoms with van der Waals surface area (Å²) < 4.78 is 1.80. The number of phenols is 1. The fourth-order valence-corrected chi connectivity index (χ4v) is 2.32. The molecule has 0 amide bonds. The molecular formula is C17H25N3O. The summed E-state index contributed by atoms with van der Waals surface area (Å²) in [4.78, 5) is 4.03. The van der Waals surface area contributed by atoms with Crippen LogP contribution in [0.5, 0.6) is 5.75 Å². The van der Waals surface area contributed by atoms with Crippen LogP contribution in [0.3, 0.4) is 0 Å². The molecule has 0 spiro atoms. The zero-order valence-electron chi connectivity index (χ0n) is 13.7. The highest BCUT2D eigenvalue weighted by molar-refractivity contribution is 5.59. The number of aromatic hydroxyl groups is 1. The standard InChI is InChI=1S/C17H25N3O/c1-16(2,3)13-9-12(19-20-8-7-18-11-20)10-14(15(13)21)17(4,5)6/h7-11,19,21H,1-6H3. The summed E-state index contributed by atoms with van der Waals surface area (Å²) >= 11 is 0. The van der Waals surface area contributed by atoms with Crippen molar-refractivity contribution < 1.29 is 5.11 Å². The normalized spacial score (nSPS) is 12.5. The summed E-state index contributed by atoms with van der Waals surface area (Å²) in [6.45, 7) is 12.6. The summed E-state index contributed by atoms with van der Waals surface area (Å²) in [7, 11) is 0. The molecule has 4 heteroatoms. The van der Waals surface area contributed by atoms with E-state index >= 15 is 0 Å². The average molecular weight is 287 g/mol. The fourth-order valence-electron chi connectivity index (χ4n) is 2.32. The molecule has 1 heterocycles. The first-order chi connectivity index (χ1) is 9.59. The Morgan fingerprint density at radius 1 is 1.00 bits per heavy atom. The molecule has 21 heavy (non-hydrogen) atoms. The molecule has 2 N–H and O–H groups in total. The van der Waals surface area contributed by atoms with Crippen LogP contribution in [0.1, 0.15) is 52.7 Å². The number of hydrogen-bond donors (Lipinski definition) is 2. The largest absolute Gasteiger partial charge is 0.507 e. The zero-order chi connectivity index (χ0) is 15.8. The number of nitrogens with zero attached hydrogens (tertiary/aromatic N) is 2. The van der Waals surface area contributed by atoms with Gasteiger partial charge in [-0.3, -0.25) is 10.1 Å². The molecule has 0 unspecified atom stereocenters. The highest BCUT2D eigenvalue weighted by Gasteiger charge is 2.26. The van der Waals surface area contributed by atoms with Gasteiger partial charge in [-0.1, -0.05) is 41.5 Å². The van der Waals surface area contributed by atoms with Crippen LogP contribution < -0.4 is 5.43 Å². The Balaban J connectivity index is 2.56. The number of rotatable bonds is 2. The van der Waals surface area contributed by atoms with E-state index in [1.807, 2.05) is 18.3 Å². The minimum atomic E-state index is -0.128. The van der Waals surface area contributed by atoms with Gasteiger partial charge < -0.3 is 5.11 Å². The van der Waals surface area contributed by atoms with E-state index in [2.05, 4.69) is 52.0 Å². The molecule has 1 aromatic carbocycles. The van der Waals surface area contributed by atoms with E-state index in [9.17, 15) is 5.11 Å². The quantitative estimate of drug-likeness (QED) is 0.819. The lowest BCUT2D eigenvalue weighted by Crippen LogP contribution is -2.18. The number of phenolic OH excluding ortho intramolecular Hbond substituents is 1. The first-order valence-corrected chi connectivity index (χ1v) is 7.22. The molecule has 0 atom stereocenters. The van der Waals surface area contributed by atoms with Crippen LogP contribution in [0.25, 0.3) is 0 Å². The number of anilines is 1. The second-order valence-electron chi connectivity index (χ2n) is 7.50. The van der Waals surface area contributed by atoms with Gasteiger partial charge in [0.15, 0.2) is 0 Å². The second kappa shape index (κ2) is 5.10. The first kappa shape index (κ1) is 15.4. The van der Waals surface area contributed by atoms with Crippen LogP contribution in [-0.2, 0) is 10.8 Å². The van der Waals surface area contributed by atoms with Crippen molar-refractivity contribution in [2.24, 2.45) is 0 Å². The van der Waals surface area contributed by atoms with Crippen molar-refractivity contribution in [3.63, 3.8) is 0 Å². The van der Waals surface area contributed by atoms with E-state index < -0.39 is 0 Å². The molecule has 2 rings (SSSR count). The van der Waals surface area contributed by atoms with Crippen LogP contribution in [-0.4, -0.2) is 14.8 Å². The Bertz CT molecular complexity index is 581. The van der Waals surface area contributed by atoms with Crippen molar-refractivity contribution in [3.8, 4) is 5.75 Å². The minimum absolute atomic E-state index is 0.128. The molecule has 0 saturated heterocycles. The smallest absolute Gasteiger partial charge is 0.123 e. The molecule has 2 aromatic rings. The molecular weight excluding hydrogens is 262 g/mol. The van der Waals surface area contributed by atoms with E-state index in [-0.39, 0.29) is 10.8 Å². The lowest BCUT2D eigenvalue weighted by molar-refractivity contribution is 0.423. The van der Waals surface area contributed by atoms with Crippen molar-refractivity contribution in [2.45, 2.75) is 52.4 Å². The third kappa shape index (κ3) is 3.38. The molecule has 0 bridgehead atoms. The highest BCUT2D eigenvalue weighted by Crippen LogP contribution is 2.40. The lowest BCUT2D eigenvalue weighted by atomic mass is 9.79. The van der Waals surface area contributed by atoms with E-state index in [1.165, 1.54) is 0 Å². The van der Waals surface area contributed by atoms with Crippen LogP contribution in [0.15, 0.2) is 30.9 Å². The number of imidazole rings is 1. The van der Waals surface area contributed by atoms with Gasteiger partial charge in [-0.15, -0.1) is 0 Å². The Morgan fingerprint density at radius 3 is 1.90 bits per heavy atom. The predicted molar refractivity (Wildman–Crippen MR) is 86.8 cm³/mol. The summed E-state index contributed by atoms with van der Waals surface area (Å²) in [5.41, 5.74) is 5.85. The van der Waals surface area contributed by atoms with Crippen LogP contribution >= 0.6 is 0 Å². The highest BCUT2D eigenvalue weighted by atomic mass is 16.3. The van der Waals surface area contributed by atoms with Gasteiger partial charge in [0.1, 0.15) is 12.1 Å². The van der Waals surface area contributed by atoms with Gasteiger partial charge in [-0.25, -0.2) is 4.98 Å². The third-order valence-corrected chi connectivity index (χ3v) is 3.49. The molecule has 1 aromatic heterocycles. The number of nitrogens with one attached hydrogen (secondary N) is 1. The van der Waals surface area contributed by atoms with Crippen LogP contribution in [0.4, 0.5) is 5.69 Å². The maximum absolute atomic E-state index is 10.7. The molecule has 0 aliphatic heterocycles. The van der Waals surface area contributed by atoms with Gasteiger partial charge in [0, 0.05) is 23.5 Å². The molecule has 0 aliphatic carbocycles. The first-order valence-electron chi connectivity index (χ1n) is 7.22. The third-order valence-electron chi connectivity index (χ3n) is 3.49. The van der Waals surface area contributed by atoms with Crippen molar-refractivity contribution in [1.29, 1.82) is 0 Å². The fraction of sp³-hybridized carbons (Fsp3) is 0.471. The topological polar surface area (TPSA) is 50.1 Å². The van der Waals surface area contributed by atoms with Crippen LogP contribution in [0.2, 0.25) is 0 Å². The SMILES string of the molecule is CC(C)(C)c1cc(Nn2ccnc2)cc(C(C)(C)C)c1O. The Hall–Kier alpha value is -1.97. The average Bonchev–Trinajstić information content (AvgIpc) is 2.81. The monoisotopic (exact) mass is 287 g/mol. The molecule has 0 aliphatic rings. The second-order valence-corrected chi connectivity index (χ2v) is 7.50. The van der Waals surface area contributed by atoms with Crippen molar-refractivity contribution >= 4 is 5.69 Å². The molecule has 0 fully saturated rings. The van der Waals surface area contributed by atoms with Gasteiger partial charge in [-0.05, 0) is 23.0 Å². The van der Waals surface area contributed by atoms with E-state index in [0.717, 1.165) is 16.8 Å². The molecule has 0 saturated carbocycles. The summed E-state index contributed by atoms with van der Waals surface area (Å²) in [6, 6.07) is 4.01. The Labute approximate surface area is 126 Å². The van der Waals surface area contributed by atoms with E-state index in [1.54, 1.807) is 17.2 Å². The van der Waals surface area contributed by atoms with E-state index in [0.29, 0.717) is 5.75 Å². The number of benzene rings is 1. The molecule has 4 nitrogen and oxygen atoms in total. The number of aromatic nitrogens is 2. The minimum Gasteiger partial charge on any atom is -0.507 e. The van der Waals surface area contributed by atoms with Gasteiger partial charge >= 0.3 is 0 Å². The predicted octanol–water partition coefficient (Wildman–Crippen LogP) is 4.06. The summed E-state index contributed by atoms with van der Waals surface area (Å²) in [5, 5.41) is 10.7. The van der Waals surface area contributed by atoms with Crippen molar-refractivity contribution in [2.75, 3.05) is 5.43 Å². The maximum Gasteiger partial charge on any atom is 0.123 e.